The summed E-state index contributed by atoms with van der Waals surface area (Å²) in [6, 6.07) is 0. The Morgan fingerprint density at radius 3 is 2.42 bits per heavy atom. The van der Waals surface area contributed by atoms with Crippen molar-refractivity contribution in [1.82, 2.24) is 0 Å². The number of hydrogen-bond donors (Lipinski definition) is 1. The molecular formula is C10H15NO. The highest BCUT2D eigenvalue weighted by Crippen LogP contribution is 2.07. The van der Waals surface area contributed by atoms with Gasteiger partial charge in [-0.1, -0.05) is 18.7 Å². The van der Waals surface area contributed by atoms with Gasteiger partial charge in [-0.3, -0.25) is 5.41 Å². The summed E-state index contributed by atoms with van der Waals surface area (Å²) in [6.07, 6.45) is 5.17. The molecule has 0 heterocycles. The van der Waals surface area contributed by atoms with Gasteiger partial charge in [-0.05, 0) is 25.5 Å². The average molecular weight is 165 g/mol. The second kappa shape index (κ2) is 5.35. The number of nitrogens with one attached hydrogen (secondary N) is 1. The molecule has 0 aliphatic carbocycles. The third kappa shape index (κ3) is 2.74. The Kier molecular flexibility index (Phi) is 4.77. The summed E-state index contributed by atoms with van der Waals surface area (Å²) in [5, 5.41) is 7.56. The van der Waals surface area contributed by atoms with Crippen LogP contribution in [-0.4, -0.2) is 12.8 Å². The molecule has 0 unspecified atom stereocenters. The van der Waals surface area contributed by atoms with Gasteiger partial charge in [0.25, 0.3) is 0 Å². The number of hydrogen-bond acceptors (Lipinski definition) is 2. The van der Waals surface area contributed by atoms with E-state index in [0.717, 1.165) is 5.57 Å². The molecule has 0 aromatic rings. The van der Waals surface area contributed by atoms with E-state index in [1.807, 2.05) is 13.8 Å². The first-order valence-electron chi connectivity index (χ1n) is 3.76. The van der Waals surface area contributed by atoms with Gasteiger partial charge in [-0.15, -0.1) is 0 Å². The van der Waals surface area contributed by atoms with E-state index >= 15 is 0 Å². The van der Waals surface area contributed by atoms with Crippen LogP contribution in [0.3, 0.4) is 0 Å². The van der Waals surface area contributed by atoms with Crippen LogP contribution < -0.4 is 0 Å². The van der Waals surface area contributed by atoms with Crippen LogP contribution >= 0.6 is 0 Å². The molecule has 0 aliphatic heterocycles. The van der Waals surface area contributed by atoms with Crippen LogP contribution in [-0.2, 0) is 4.74 Å². The van der Waals surface area contributed by atoms with E-state index in [0.29, 0.717) is 11.5 Å². The van der Waals surface area contributed by atoms with Crippen LogP contribution in [0.5, 0.6) is 0 Å². The first-order chi connectivity index (χ1) is 5.67. The van der Waals surface area contributed by atoms with Crippen LogP contribution in [0.15, 0.2) is 36.1 Å². The molecule has 0 atom stereocenters. The molecule has 0 aromatic carbocycles. The van der Waals surface area contributed by atoms with E-state index in [-0.39, 0.29) is 0 Å². The molecule has 66 valence electrons. The Labute approximate surface area is 73.8 Å². The molecule has 0 saturated heterocycles. The number of rotatable bonds is 4. The summed E-state index contributed by atoms with van der Waals surface area (Å²) in [6.45, 7) is 7.34. The fourth-order valence-electron chi connectivity index (χ4n) is 0.818. The average Bonchev–Trinajstić information content (AvgIpc) is 2.06. The van der Waals surface area contributed by atoms with Gasteiger partial charge in [0.2, 0.25) is 0 Å². The van der Waals surface area contributed by atoms with E-state index in [2.05, 4.69) is 6.58 Å². The first kappa shape index (κ1) is 10.7. The normalized spacial score (nSPS) is 12.6. The Hall–Kier alpha value is -1.31. The van der Waals surface area contributed by atoms with Gasteiger partial charge in [0.05, 0.1) is 12.8 Å². The highest BCUT2D eigenvalue weighted by Gasteiger charge is 2.03. The van der Waals surface area contributed by atoms with Crippen molar-refractivity contribution in [3.05, 3.63) is 36.1 Å². The Morgan fingerprint density at radius 2 is 2.08 bits per heavy atom. The Bertz CT molecular complexity index is 236. The molecule has 1 N–H and O–H groups in total. The zero-order valence-electron chi connectivity index (χ0n) is 7.85. The topological polar surface area (TPSA) is 33.1 Å². The van der Waals surface area contributed by atoms with E-state index in [1.165, 1.54) is 0 Å². The lowest BCUT2D eigenvalue weighted by Gasteiger charge is -2.06. The van der Waals surface area contributed by atoms with Gasteiger partial charge in [0.1, 0.15) is 5.76 Å². The highest BCUT2D eigenvalue weighted by atomic mass is 16.5. The summed E-state index contributed by atoms with van der Waals surface area (Å²) in [5.41, 5.74) is 1.25. The molecule has 2 nitrogen and oxygen atoms in total. The van der Waals surface area contributed by atoms with E-state index in [4.69, 9.17) is 10.1 Å². The van der Waals surface area contributed by atoms with E-state index in [9.17, 15) is 0 Å². The molecule has 12 heavy (non-hydrogen) atoms. The molecule has 0 aromatic heterocycles. The maximum absolute atomic E-state index is 7.56. The predicted molar refractivity (Wildman–Crippen MR) is 52.4 cm³/mol. The van der Waals surface area contributed by atoms with Gasteiger partial charge in [-0.25, -0.2) is 0 Å². The maximum Gasteiger partial charge on any atom is 0.146 e. The molecule has 0 fully saturated rings. The van der Waals surface area contributed by atoms with Crippen molar-refractivity contribution in [2.45, 2.75) is 13.8 Å². The molecule has 2 heteroatoms. The predicted octanol–water partition coefficient (Wildman–Crippen LogP) is 2.69. The summed E-state index contributed by atoms with van der Waals surface area (Å²) in [7, 11) is 1.56. The van der Waals surface area contributed by atoms with E-state index < -0.39 is 0 Å². The molecular weight excluding hydrogens is 150 g/mol. The second-order valence-corrected chi connectivity index (χ2v) is 2.33. The maximum atomic E-state index is 7.56. The minimum Gasteiger partial charge on any atom is -0.494 e. The molecule has 0 radical (unpaired) electrons. The molecule has 0 amide bonds. The first-order valence-corrected chi connectivity index (χ1v) is 3.76. The van der Waals surface area contributed by atoms with Crippen LogP contribution in [0.25, 0.3) is 0 Å². The minimum absolute atomic E-state index is 0.373. The van der Waals surface area contributed by atoms with Gasteiger partial charge >= 0.3 is 0 Å². The van der Waals surface area contributed by atoms with Crippen molar-refractivity contribution in [3.63, 3.8) is 0 Å². The Morgan fingerprint density at radius 1 is 1.50 bits per heavy atom. The Balaban J connectivity index is 4.78. The third-order valence-electron chi connectivity index (χ3n) is 1.45. The van der Waals surface area contributed by atoms with Crippen LogP contribution in [0, 0.1) is 5.41 Å². The molecule has 0 bridgehead atoms. The zero-order valence-corrected chi connectivity index (χ0v) is 7.85. The summed E-state index contributed by atoms with van der Waals surface area (Å²) in [4.78, 5) is 0. The lowest BCUT2D eigenvalue weighted by molar-refractivity contribution is 0.312. The number of ether oxygens (including phenoxy) is 1. The van der Waals surface area contributed by atoms with Crippen LogP contribution in [0.1, 0.15) is 13.8 Å². The van der Waals surface area contributed by atoms with Gasteiger partial charge in [0.15, 0.2) is 0 Å². The third-order valence-corrected chi connectivity index (χ3v) is 1.45. The molecule has 0 spiro atoms. The van der Waals surface area contributed by atoms with Crippen molar-refractivity contribution < 1.29 is 4.74 Å². The SMILES string of the molecule is C=C/C(C)=C(\OC)C(=N)/C=C\C. The molecule has 0 saturated carbocycles. The van der Waals surface area contributed by atoms with E-state index in [1.54, 1.807) is 25.3 Å². The van der Waals surface area contributed by atoms with Crippen molar-refractivity contribution in [2.75, 3.05) is 7.11 Å². The highest BCUT2D eigenvalue weighted by molar-refractivity contribution is 6.05. The summed E-state index contributed by atoms with van der Waals surface area (Å²) < 4.78 is 5.05. The molecule has 0 rings (SSSR count). The van der Waals surface area contributed by atoms with Crippen molar-refractivity contribution >= 4 is 5.71 Å². The van der Waals surface area contributed by atoms with Crippen molar-refractivity contribution in [1.29, 1.82) is 5.41 Å². The van der Waals surface area contributed by atoms with Gasteiger partial charge < -0.3 is 4.74 Å². The fourth-order valence-corrected chi connectivity index (χ4v) is 0.818. The summed E-state index contributed by atoms with van der Waals surface area (Å²) >= 11 is 0. The quantitative estimate of drug-likeness (QED) is 0.388. The van der Waals surface area contributed by atoms with Gasteiger partial charge in [0, 0.05) is 0 Å². The lowest BCUT2D eigenvalue weighted by Crippen LogP contribution is -2.01. The monoisotopic (exact) mass is 165 g/mol. The standard InChI is InChI=1S/C10H15NO/c1-5-7-9(11)10(12-4)8(3)6-2/h5-7,11H,2H2,1,3-4H3/b7-5-,10-8-,11-9?. The zero-order chi connectivity index (χ0) is 9.56. The number of methoxy groups -OCH3 is 1. The van der Waals surface area contributed by atoms with Gasteiger partial charge in [-0.2, -0.15) is 0 Å². The van der Waals surface area contributed by atoms with Crippen molar-refractivity contribution in [3.8, 4) is 0 Å². The van der Waals surface area contributed by atoms with Crippen LogP contribution in [0.4, 0.5) is 0 Å². The van der Waals surface area contributed by atoms with Crippen molar-refractivity contribution in [2.24, 2.45) is 0 Å². The second-order valence-electron chi connectivity index (χ2n) is 2.33. The molecule has 0 aliphatic rings. The summed E-state index contributed by atoms with van der Waals surface area (Å²) in [5.74, 6) is 0.572. The lowest BCUT2D eigenvalue weighted by atomic mass is 10.2. The largest absolute Gasteiger partial charge is 0.494 e. The smallest absolute Gasteiger partial charge is 0.146 e. The fraction of sp³-hybridized carbons (Fsp3) is 0.300. The number of allylic oxidation sites excluding steroid dienone is 4. The van der Waals surface area contributed by atoms with Crippen LogP contribution in [0.2, 0.25) is 0 Å². The minimum atomic E-state index is 0.373.